The second-order valence-electron chi connectivity index (χ2n) is 8.47. The summed E-state index contributed by atoms with van der Waals surface area (Å²) in [5, 5.41) is 117. The molecule has 0 radical (unpaired) electrons. The van der Waals surface area contributed by atoms with Gasteiger partial charge in [0.1, 0.15) is 49.3 Å². The number of nitrogens with one attached hydrogen (secondary N) is 1. The van der Waals surface area contributed by atoms with Crippen molar-refractivity contribution in [1.29, 1.82) is 0 Å². The molecule has 0 aliphatic heterocycles. The number of carbonyl (C=O) groups is 2. The third-order valence-corrected chi connectivity index (χ3v) is 5.54. The van der Waals surface area contributed by atoms with Crippen LogP contribution in [-0.2, 0) is 9.59 Å². The van der Waals surface area contributed by atoms with E-state index in [2.05, 4.69) is 5.32 Å². The summed E-state index contributed by atoms with van der Waals surface area (Å²) in [6.45, 7) is -3.61. The lowest BCUT2D eigenvalue weighted by molar-refractivity contribution is -0.142. The van der Waals surface area contributed by atoms with Crippen LogP contribution >= 0.6 is 0 Å². The zero-order valence-corrected chi connectivity index (χ0v) is 19.7. The molecule has 1 amide bonds. The van der Waals surface area contributed by atoms with Gasteiger partial charge in [-0.3, -0.25) is 9.69 Å². The zero-order chi connectivity index (χ0) is 28.0. The van der Waals surface area contributed by atoms with Crippen molar-refractivity contribution >= 4 is 11.9 Å². The average Bonchev–Trinajstić information content (AvgIpc) is 2.86. The van der Waals surface area contributed by atoms with E-state index in [-0.39, 0.29) is 25.8 Å². The van der Waals surface area contributed by atoms with Gasteiger partial charge in [0, 0.05) is 13.1 Å². The smallest absolute Gasteiger partial charge is 0.326 e. The Morgan fingerprint density at radius 1 is 0.667 bits per heavy atom. The SMILES string of the molecule is O=C(CO)N[C@@H](CCCCN(C[C@H](O)[C@@H](O)[C@H](O)[C@H](O)CO)C[C@H](O)[C@@H](O)[C@H](O)[C@H](O)CO)C(=O)O. The van der Waals surface area contributed by atoms with Crippen LogP contribution in [0, 0.1) is 0 Å². The van der Waals surface area contributed by atoms with Crippen LogP contribution in [0.3, 0.4) is 0 Å². The molecule has 0 heterocycles. The maximum atomic E-state index is 11.3. The number of hydrogen-bond donors (Lipinski definition) is 13. The molecule has 13 N–H and O–H groups in total. The Morgan fingerprint density at radius 2 is 1.08 bits per heavy atom. The largest absolute Gasteiger partial charge is 0.480 e. The lowest BCUT2D eigenvalue weighted by Crippen LogP contribution is -2.53. The summed E-state index contributed by atoms with van der Waals surface area (Å²) in [5.74, 6) is -2.22. The van der Waals surface area contributed by atoms with Gasteiger partial charge in [0.15, 0.2) is 0 Å². The summed E-state index contributed by atoms with van der Waals surface area (Å²) in [5.41, 5.74) is 0. The molecule has 214 valence electrons. The summed E-state index contributed by atoms with van der Waals surface area (Å²) in [7, 11) is 0. The van der Waals surface area contributed by atoms with E-state index in [0.29, 0.717) is 0 Å². The summed E-state index contributed by atoms with van der Waals surface area (Å²) in [6.07, 6.45) is -14.3. The summed E-state index contributed by atoms with van der Waals surface area (Å²) in [4.78, 5) is 23.8. The van der Waals surface area contributed by atoms with Crippen molar-refractivity contribution in [3.05, 3.63) is 0 Å². The van der Waals surface area contributed by atoms with Gasteiger partial charge in [-0.25, -0.2) is 4.79 Å². The van der Waals surface area contributed by atoms with E-state index in [9.17, 15) is 50.4 Å². The van der Waals surface area contributed by atoms with Gasteiger partial charge in [-0.15, -0.1) is 0 Å². The molecule has 9 atom stereocenters. The maximum Gasteiger partial charge on any atom is 0.326 e. The number of unbranched alkanes of at least 4 members (excludes halogenated alkanes) is 1. The van der Waals surface area contributed by atoms with Gasteiger partial charge in [-0.2, -0.15) is 0 Å². The lowest BCUT2D eigenvalue weighted by Gasteiger charge is -2.33. The number of hydrogen-bond acceptors (Lipinski definition) is 14. The molecule has 36 heavy (non-hydrogen) atoms. The molecular weight excluding hydrogens is 492 g/mol. The molecule has 0 fully saturated rings. The third-order valence-electron chi connectivity index (χ3n) is 5.54. The Labute approximate surface area is 207 Å². The van der Waals surface area contributed by atoms with Crippen molar-refractivity contribution in [2.75, 3.05) is 39.5 Å². The van der Waals surface area contributed by atoms with Gasteiger partial charge in [0.05, 0.1) is 25.4 Å². The number of nitrogens with zero attached hydrogens (tertiary/aromatic N) is 1. The highest BCUT2D eigenvalue weighted by Crippen LogP contribution is 2.12. The Kier molecular flexibility index (Phi) is 17.1. The van der Waals surface area contributed by atoms with E-state index >= 15 is 0 Å². The first-order valence-corrected chi connectivity index (χ1v) is 11.3. The number of carboxylic acid groups (broad SMARTS) is 1. The minimum absolute atomic E-state index is 0.00510. The summed E-state index contributed by atoms with van der Waals surface area (Å²) in [6, 6.07) is -1.29. The highest BCUT2D eigenvalue weighted by molar-refractivity contribution is 5.83. The number of carbonyl (C=O) groups excluding carboxylic acids is 1. The highest BCUT2D eigenvalue weighted by Gasteiger charge is 2.34. The van der Waals surface area contributed by atoms with E-state index in [0.717, 1.165) is 0 Å². The quantitative estimate of drug-likeness (QED) is 0.0648. The van der Waals surface area contributed by atoms with Crippen molar-refractivity contribution in [3.8, 4) is 0 Å². The van der Waals surface area contributed by atoms with Crippen molar-refractivity contribution < 1.29 is 70.9 Å². The molecule has 0 aromatic rings. The topological polar surface area (TPSA) is 292 Å². The van der Waals surface area contributed by atoms with E-state index in [1.807, 2.05) is 0 Å². The predicted octanol–water partition coefficient (Wildman–Crippen LogP) is -7.11. The van der Waals surface area contributed by atoms with E-state index < -0.39 is 99.7 Å². The number of carboxylic acids is 1. The molecule has 0 spiro atoms. The van der Waals surface area contributed by atoms with E-state index in [4.69, 9.17) is 20.4 Å². The minimum Gasteiger partial charge on any atom is -0.480 e. The Hall–Kier alpha value is -1.54. The van der Waals surface area contributed by atoms with Gasteiger partial charge in [0.25, 0.3) is 0 Å². The first kappa shape index (κ1) is 34.5. The van der Waals surface area contributed by atoms with Crippen LogP contribution in [-0.4, -0.2) is 172 Å². The normalized spacial score (nSPS) is 19.6. The van der Waals surface area contributed by atoms with Crippen molar-refractivity contribution in [2.24, 2.45) is 0 Å². The molecule has 0 saturated heterocycles. The van der Waals surface area contributed by atoms with Gasteiger partial charge in [-0.05, 0) is 25.8 Å². The van der Waals surface area contributed by atoms with Crippen LogP contribution < -0.4 is 5.32 Å². The fraction of sp³-hybridized carbons (Fsp3) is 0.900. The fourth-order valence-corrected chi connectivity index (χ4v) is 3.31. The van der Waals surface area contributed by atoms with Gasteiger partial charge in [-0.1, -0.05) is 0 Å². The van der Waals surface area contributed by atoms with Crippen molar-refractivity contribution in [1.82, 2.24) is 10.2 Å². The number of aliphatic hydroxyl groups excluding tert-OH is 11. The van der Waals surface area contributed by atoms with E-state index in [1.54, 1.807) is 0 Å². The van der Waals surface area contributed by atoms with Crippen LogP contribution in [0.1, 0.15) is 19.3 Å². The first-order valence-electron chi connectivity index (χ1n) is 11.3. The second-order valence-corrected chi connectivity index (χ2v) is 8.47. The van der Waals surface area contributed by atoms with Crippen LogP contribution in [0.2, 0.25) is 0 Å². The Bertz CT molecular complexity index is 599. The molecule has 0 aromatic carbocycles. The van der Waals surface area contributed by atoms with Crippen molar-refractivity contribution in [2.45, 2.75) is 74.1 Å². The molecule has 16 nitrogen and oxygen atoms in total. The molecule has 0 rings (SSSR count). The van der Waals surface area contributed by atoms with Crippen LogP contribution in [0.5, 0.6) is 0 Å². The fourth-order valence-electron chi connectivity index (χ4n) is 3.31. The maximum absolute atomic E-state index is 11.3. The summed E-state index contributed by atoms with van der Waals surface area (Å²) < 4.78 is 0. The average molecular weight is 533 g/mol. The van der Waals surface area contributed by atoms with Crippen LogP contribution in [0.15, 0.2) is 0 Å². The molecule has 0 bridgehead atoms. The van der Waals surface area contributed by atoms with Gasteiger partial charge >= 0.3 is 5.97 Å². The number of amides is 1. The minimum atomic E-state index is -1.93. The van der Waals surface area contributed by atoms with Crippen LogP contribution in [0.4, 0.5) is 0 Å². The first-order chi connectivity index (χ1) is 16.8. The molecule has 0 aromatic heterocycles. The molecule has 0 aliphatic carbocycles. The van der Waals surface area contributed by atoms with Gasteiger partial charge < -0.3 is 66.6 Å². The molecule has 0 unspecified atom stereocenters. The predicted molar refractivity (Wildman–Crippen MR) is 119 cm³/mol. The molecular formula is C20H40N2O14. The lowest BCUT2D eigenvalue weighted by atomic mass is 10.0. The van der Waals surface area contributed by atoms with E-state index in [1.165, 1.54) is 4.90 Å². The molecule has 16 heteroatoms. The highest BCUT2D eigenvalue weighted by atomic mass is 16.4. The Morgan fingerprint density at radius 3 is 1.44 bits per heavy atom. The number of aliphatic hydroxyl groups is 11. The zero-order valence-electron chi connectivity index (χ0n) is 19.7. The van der Waals surface area contributed by atoms with Crippen molar-refractivity contribution in [3.63, 3.8) is 0 Å². The third kappa shape index (κ3) is 12.1. The molecule has 0 saturated carbocycles. The number of rotatable bonds is 20. The number of aliphatic carboxylic acids is 1. The molecule has 0 aliphatic rings. The van der Waals surface area contributed by atoms with Gasteiger partial charge in [0.2, 0.25) is 5.91 Å². The Balaban J connectivity index is 5.26. The monoisotopic (exact) mass is 532 g/mol. The van der Waals surface area contributed by atoms with Crippen LogP contribution in [0.25, 0.3) is 0 Å². The second kappa shape index (κ2) is 17.8. The standard InChI is InChI=1S/C20H40N2O14/c23-7-13(28)18(33)16(31)11(26)5-22(6-12(27)17(32)19(34)14(29)8-24)4-2-1-3-10(20(35)36)21-15(30)9-25/h10-14,16-19,23-29,31-34H,1-9H2,(H,21,30)(H,35,36)/t10-,11-,12-,13+,14+,16+,17+,18+,19+/m0/s1. The summed E-state index contributed by atoms with van der Waals surface area (Å²) >= 11 is 0.